The number of rotatable bonds is 5. The molecule has 4 N–H and O–H groups in total. The van der Waals surface area contributed by atoms with Crippen molar-refractivity contribution in [2.45, 2.75) is 64.3 Å². The summed E-state index contributed by atoms with van der Waals surface area (Å²) in [4.78, 5) is 11.5. The molecule has 1 atom stereocenters. The van der Waals surface area contributed by atoms with Gasteiger partial charge in [-0.1, -0.05) is 25.7 Å². The van der Waals surface area contributed by atoms with Crippen molar-refractivity contribution in [2.24, 2.45) is 16.9 Å². The number of hydrogen-bond donors (Lipinski definition) is 2. The van der Waals surface area contributed by atoms with Gasteiger partial charge in [-0.15, -0.1) is 0 Å². The maximum atomic E-state index is 11.5. The zero-order valence-corrected chi connectivity index (χ0v) is 9.80. The van der Waals surface area contributed by atoms with Crippen molar-refractivity contribution in [2.75, 3.05) is 0 Å². The summed E-state index contributed by atoms with van der Waals surface area (Å²) in [5.74, 6) is -0.0909. The highest BCUT2D eigenvalue weighted by atomic mass is 16.1. The summed E-state index contributed by atoms with van der Waals surface area (Å²) >= 11 is 0. The SMILES string of the molecule is CC(N)CCCC1(C(N)=O)CCCCC1. The Morgan fingerprint density at radius 1 is 1.33 bits per heavy atom. The molecule has 0 radical (unpaired) electrons. The second-order valence-corrected chi connectivity index (χ2v) is 5.07. The molecule has 1 aliphatic rings. The van der Waals surface area contributed by atoms with Gasteiger partial charge in [-0.3, -0.25) is 4.79 Å². The Morgan fingerprint density at radius 2 is 1.93 bits per heavy atom. The van der Waals surface area contributed by atoms with E-state index in [0.29, 0.717) is 0 Å². The van der Waals surface area contributed by atoms with Gasteiger partial charge in [0.25, 0.3) is 0 Å². The predicted molar refractivity (Wildman–Crippen MR) is 62.2 cm³/mol. The second kappa shape index (κ2) is 5.50. The Labute approximate surface area is 92.6 Å². The van der Waals surface area contributed by atoms with Crippen molar-refractivity contribution in [3.05, 3.63) is 0 Å². The lowest BCUT2D eigenvalue weighted by Gasteiger charge is -2.34. The highest BCUT2D eigenvalue weighted by Crippen LogP contribution is 2.40. The normalized spacial score (nSPS) is 22.3. The van der Waals surface area contributed by atoms with Crippen LogP contribution in [-0.4, -0.2) is 11.9 Å². The molecule has 0 bridgehead atoms. The Kier molecular flexibility index (Phi) is 4.58. The lowest BCUT2D eigenvalue weighted by Crippen LogP contribution is -2.39. The molecule has 0 spiro atoms. The van der Waals surface area contributed by atoms with Gasteiger partial charge >= 0.3 is 0 Å². The topological polar surface area (TPSA) is 69.1 Å². The molecule has 0 aromatic carbocycles. The summed E-state index contributed by atoms with van der Waals surface area (Å²) in [5.41, 5.74) is 11.1. The third-order valence-corrected chi connectivity index (χ3v) is 3.65. The summed E-state index contributed by atoms with van der Waals surface area (Å²) in [7, 11) is 0. The van der Waals surface area contributed by atoms with Crippen molar-refractivity contribution in [3.63, 3.8) is 0 Å². The highest BCUT2D eigenvalue weighted by molar-refractivity contribution is 5.80. The fraction of sp³-hybridized carbons (Fsp3) is 0.917. The molecule has 1 fully saturated rings. The third-order valence-electron chi connectivity index (χ3n) is 3.65. The average Bonchev–Trinajstić information content (AvgIpc) is 2.18. The van der Waals surface area contributed by atoms with E-state index in [1.165, 1.54) is 6.42 Å². The maximum absolute atomic E-state index is 11.5. The van der Waals surface area contributed by atoms with Gasteiger partial charge in [0.15, 0.2) is 0 Å². The minimum atomic E-state index is -0.201. The van der Waals surface area contributed by atoms with Crippen molar-refractivity contribution >= 4 is 5.91 Å². The fourth-order valence-electron chi connectivity index (χ4n) is 2.61. The van der Waals surface area contributed by atoms with E-state index in [1.54, 1.807) is 0 Å². The Hall–Kier alpha value is -0.570. The molecule has 88 valence electrons. The lowest BCUT2D eigenvalue weighted by atomic mass is 9.70. The van der Waals surface area contributed by atoms with Crippen LogP contribution in [0.3, 0.4) is 0 Å². The van der Waals surface area contributed by atoms with E-state index in [9.17, 15) is 4.79 Å². The van der Waals surface area contributed by atoms with E-state index < -0.39 is 0 Å². The van der Waals surface area contributed by atoms with Crippen LogP contribution in [0.5, 0.6) is 0 Å². The minimum Gasteiger partial charge on any atom is -0.369 e. The van der Waals surface area contributed by atoms with Crippen LogP contribution in [0.15, 0.2) is 0 Å². The number of nitrogens with two attached hydrogens (primary N) is 2. The van der Waals surface area contributed by atoms with Gasteiger partial charge in [-0.25, -0.2) is 0 Å². The van der Waals surface area contributed by atoms with Crippen molar-refractivity contribution in [1.29, 1.82) is 0 Å². The van der Waals surface area contributed by atoms with Gasteiger partial charge < -0.3 is 11.5 Å². The molecular weight excluding hydrogens is 188 g/mol. The first-order valence-electron chi connectivity index (χ1n) is 6.12. The largest absolute Gasteiger partial charge is 0.369 e. The first-order chi connectivity index (χ1) is 7.07. The summed E-state index contributed by atoms with van der Waals surface area (Å²) in [6.45, 7) is 2.01. The van der Waals surface area contributed by atoms with Crippen LogP contribution in [0.2, 0.25) is 0 Å². The van der Waals surface area contributed by atoms with Crippen LogP contribution in [0, 0.1) is 5.41 Å². The molecule has 0 saturated heterocycles. The number of primary amides is 1. The summed E-state index contributed by atoms with van der Waals surface area (Å²) < 4.78 is 0. The van der Waals surface area contributed by atoms with Crippen molar-refractivity contribution in [3.8, 4) is 0 Å². The standard InChI is InChI=1S/C12H24N2O/c1-10(13)6-5-9-12(11(14)15)7-3-2-4-8-12/h10H,2-9,13H2,1H3,(H2,14,15). The number of carbonyl (C=O) groups is 1. The molecular formula is C12H24N2O. The summed E-state index contributed by atoms with van der Waals surface area (Å²) in [6, 6.07) is 0.235. The molecule has 1 saturated carbocycles. The van der Waals surface area contributed by atoms with E-state index in [2.05, 4.69) is 0 Å². The fourth-order valence-corrected chi connectivity index (χ4v) is 2.61. The van der Waals surface area contributed by atoms with Crippen LogP contribution in [-0.2, 0) is 4.79 Å². The molecule has 0 heterocycles. The zero-order valence-electron chi connectivity index (χ0n) is 9.80. The van der Waals surface area contributed by atoms with E-state index in [0.717, 1.165) is 44.9 Å². The van der Waals surface area contributed by atoms with Gasteiger partial charge in [0.1, 0.15) is 0 Å². The van der Waals surface area contributed by atoms with Crippen LogP contribution in [0.25, 0.3) is 0 Å². The highest BCUT2D eigenvalue weighted by Gasteiger charge is 2.36. The first-order valence-corrected chi connectivity index (χ1v) is 6.12. The lowest BCUT2D eigenvalue weighted by molar-refractivity contribution is -0.130. The van der Waals surface area contributed by atoms with Crippen LogP contribution < -0.4 is 11.5 Å². The Morgan fingerprint density at radius 3 is 2.40 bits per heavy atom. The van der Waals surface area contributed by atoms with E-state index in [-0.39, 0.29) is 17.4 Å². The quantitative estimate of drug-likeness (QED) is 0.731. The molecule has 0 aromatic heterocycles. The minimum absolute atomic E-state index is 0.0909. The Balaban J connectivity index is 2.46. The number of carbonyl (C=O) groups excluding carboxylic acids is 1. The first kappa shape index (κ1) is 12.5. The molecule has 15 heavy (non-hydrogen) atoms. The molecule has 1 amide bonds. The molecule has 1 aliphatic carbocycles. The molecule has 0 aliphatic heterocycles. The van der Waals surface area contributed by atoms with Crippen LogP contribution >= 0.6 is 0 Å². The molecule has 3 nitrogen and oxygen atoms in total. The van der Waals surface area contributed by atoms with Crippen LogP contribution in [0.4, 0.5) is 0 Å². The third kappa shape index (κ3) is 3.49. The summed E-state index contributed by atoms with van der Waals surface area (Å²) in [6.07, 6.45) is 8.49. The molecule has 1 unspecified atom stereocenters. The van der Waals surface area contributed by atoms with E-state index in [4.69, 9.17) is 11.5 Å². The van der Waals surface area contributed by atoms with Gasteiger partial charge in [-0.2, -0.15) is 0 Å². The maximum Gasteiger partial charge on any atom is 0.223 e. The zero-order chi connectivity index (χ0) is 11.3. The molecule has 1 rings (SSSR count). The predicted octanol–water partition coefficient (Wildman–Crippen LogP) is 1.94. The monoisotopic (exact) mass is 212 g/mol. The van der Waals surface area contributed by atoms with Gasteiger partial charge in [0.05, 0.1) is 0 Å². The van der Waals surface area contributed by atoms with Gasteiger partial charge in [0.2, 0.25) is 5.91 Å². The van der Waals surface area contributed by atoms with Crippen molar-refractivity contribution < 1.29 is 4.79 Å². The van der Waals surface area contributed by atoms with E-state index in [1.807, 2.05) is 6.92 Å². The van der Waals surface area contributed by atoms with E-state index >= 15 is 0 Å². The van der Waals surface area contributed by atoms with Gasteiger partial charge in [0, 0.05) is 11.5 Å². The molecule has 3 heteroatoms. The smallest absolute Gasteiger partial charge is 0.223 e. The molecule has 0 aromatic rings. The van der Waals surface area contributed by atoms with Crippen LogP contribution in [0.1, 0.15) is 58.3 Å². The summed E-state index contributed by atoms with van der Waals surface area (Å²) in [5, 5.41) is 0. The second-order valence-electron chi connectivity index (χ2n) is 5.07. The number of amides is 1. The Bertz CT molecular complexity index is 208. The average molecular weight is 212 g/mol. The van der Waals surface area contributed by atoms with Gasteiger partial charge in [-0.05, 0) is 32.6 Å². The van der Waals surface area contributed by atoms with Crippen molar-refractivity contribution in [1.82, 2.24) is 0 Å². The number of hydrogen-bond acceptors (Lipinski definition) is 2.